The van der Waals surface area contributed by atoms with E-state index in [1.54, 1.807) is 18.3 Å². The van der Waals surface area contributed by atoms with E-state index in [9.17, 15) is 9.59 Å². The first-order valence-electron chi connectivity index (χ1n) is 7.48. The zero-order valence-corrected chi connectivity index (χ0v) is 13.5. The van der Waals surface area contributed by atoms with Crippen LogP contribution in [0, 0.1) is 0 Å². The van der Waals surface area contributed by atoms with Gasteiger partial charge in [0.05, 0.1) is 24.3 Å². The van der Waals surface area contributed by atoms with Crippen molar-refractivity contribution in [3.63, 3.8) is 0 Å². The normalized spacial score (nSPS) is 20.4. The SMILES string of the molecule is O=C(N[C@@H]1COCC[C@H]1Oc1ccccn1)c1cc(Cl)c[nH]c1=O. The fourth-order valence-corrected chi connectivity index (χ4v) is 2.60. The van der Waals surface area contributed by atoms with Gasteiger partial charge in [-0.3, -0.25) is 9.59 Å². The van der Waals surface area contributed by atoms with Crippen molar-refractivity contribution in [3.8, 4) is 5.88 Å². The summed E-state index contributed by atoms with van der Waals surface area (Å²) in [7, 11) is 0. The van der Waals surface area contributed by atoms with Crippen LogP contribution in [0.15, 0.2) is 41.5 Å². The van der Waals surface area contributed by atoms with Gasteiger partial charge < -0.3 is 19.8 Å². The van der Waals surface area contributed by atoms with Crippen molar-refractivity contribution in [3.05, 3.63) is 57.6 Å². The summed E-state index contributed by atoms with van der Waals surface area (Å²) in [5.41, 5.74) is -0.555. The number of H-pyrrole nitrogens is 1. The molecule has 3 rings (SSSR count). The summed E-state index contributed by atoms with van der Waals surface area (Å²) in [6, 6.07) is 6.29. The van der Waals surface area contributed by atoms with E-state index in [4.69, 9.17) is 21.1 Å². The van der Waals surface area contributed by atoms with Gasteiger partial charge in [-0.15, -0.1) is 0 Å². The van der Waals surface area contributed by atoms with Gasteiger partial charge in [-0.2, -0.15) is 0 Å². The number of rotatable bonds is 4. The van der Waals surface area contributed by atoms with Gasteiger partial charge in [0.2, 0.25) is 5.88 Å². The minimum absolute atomic E-state index is 0.0512. The molecule has 2 aromatic rings. The zero-order valence-electron chi connectivity index (χ0n) is 12.7. The van der Waals surface area contributed by atoms with E-state index in [2.05, 4.69) is 15.3 Å². The molecule has 1 saturated heterocycles. The molecule has 0 saturated carbocycles. The topological polar surface area (TPSA) is 93.3 Å². The molecular formula is C16H16ClN3O4. The molecular weight excluding hydrogens is 334 g/mol. The van der Waals surface area contributed by atoms with Crippen LogP contribution in [0.4, 0.5) is 0 Å². The predicted molar refractivity (Wildman–Crippen MR) is 87.4 cm³/mol. The number of pyridine rings is 2. The molecule has 1 aliphatic rings. The lowest BCUT2D eigenvalue weighted by Crippen LogP contribution is -2.52. The van der Waals surface area contributed by atoms with Crippen molar-refractivity contribution < 1.29 is 14.3 Å². The molecule has 3 heterocycles. The Morgan fingerprint density at radius 3 is 3.12 bits per heavy atom. The Morgan fingerprint density at radius 2 is 2.33 bits per heavy atom. The van der Waals surface area contributed by atoms with Crippen LogP contribution < -0.4 is 15.6 Å². The number of aromatic amines is 1. The van der Waals surface area contributed by atoms with Crippen molar-refractivity contribution in [2.24, 2.45) is 0 Å². The van der Waals surface area contributed by atoms with Crippen molar-refractivity contribution in [1.29, 1.82) is 0 Å². The summed E-state index contributed by atoms with van der Waals surface area (Å²) in [4.78, 5) is 30.7. The number of halogens is 1. The number of amides is 1. The van der Waals surface area contributed by atoms with E-state index in [0.29, 0.717) is 25.5 Å². The first kappa shape index (κ1) is 16.5. The molecule has 1 amide bonds. The maximum Gasteiger partial charge on any atom is 0.260 e. The molecule has 126 valence electrons. The Bertz CT molecular complexity index is 765. The third kappa shape index (κ3) is 3.93. The van der Waals surface area contributed by atoms with Crippen molar-refractivity contribution >= 4 is 17.5 Å². The molecule has 2 N–H and O–H groups in total. The highest BCUT2D eigenvalue weighted by Crippen LogP contribution is 2.16. The van der Waals surface area contributed by atoms with Crippen LogP contribution in [-0.4, -0.2) is 41.2 Å². The van der Waals surface area contributed by atoms with Gasteiger partial charge in [-0.1, -0.05) is 17.7 Å². The summed E-state index contributed by atoms with van der Waals surface area (Å²) in [5, 5.41) is 3.06. The Kier molecular flexibility index (Phi) is 5.12. The minimum Gasteiger partial charge on any atom is -0.472 e. The summed E-state index contributed by atoms with van der Waals surface area (Å²) >= 11 is 5.83. The minimum atomic E-state index is -0.524. The average molecular weight is 350 g/mol. The van der Waals surface area contributed by atoms with Gasteiger partial charge in [-0.25, -0.2) is 4.98 Å². The molecule has 2 atom stereocenters. The van der Waals surface area contributed by atoms with Crippen molar-refractivity contribution in [2.45, 2.75) is 18.6 Å². The number of aromatic nitrogens is 2. The number of carbonyl (C=O) groups excluding carboxylic acids is 1. The highest BCUT2D eigenvalue weighted by Gasteiger charge is 2.30. The van der Waals surface area contributed by atoms with Gasteiger partial charge in [0.25, 0.3) is 11.5 Å². The molecule has 24 heavy (non-hydrogen) atoms. The van der Waals surface area contributed by atoms with Crippen LogP contribution in [0.5, 0.6) is 5.88 Å². The van der Waals surface area contributed by atoms with E-state index in [1.807, 2.05) is 6.07 Å². The average Bonchev–Trinajstić information content (AvgIpc) is 2.59. The van der Waals surface area contributed by atoms with Gasteiger partial charge in [-0.05, 0) is 12.1 Å². The molecule has 0 spiro atoms. The molecule has 7 nitrogen and oxygen atoms in total. The molecule has 0 radical (unpaired) electrons. The Labute approximate surface area is 143 Å². The van der Waals surface area contributed by atoms with E-state index >= 15 is 0 Å². The fourth-order valence-electron chi connectivity index (χ4n) is 2.44. The van der Waals surface area contributed by atoms with E-state index in [-0.39, 0.29) is 16.7 Å². The first-order valence-corrected chi connectivity index (χ1v) is 7.86. The maximum atomic E-state index is 12.4. The number of carbonyl (C=O) groups is 1. The number of nitrogens with zero attached hydrogens (tertiary/aromatic N) is 1. The lowest BCUT2D eigenvalue weighted by Gasteiger charge is -2.31. The first-order chi connectivity index (χ1) is 11.6. The second-order valence-corrected chi connectivity index (χ2v) is 5.76. The molecule has 0 aromatic carbocycles. The standard InChI is InChI=1S/C16H16ClN3O4/c17-10-7-11(15(21)19-8-10)16(22)20-12-9-23-6-4-13(12)24-14-3-1-2-5-18-14/h1-3,5,7-8,12-13H,4,6,9H2,(H,19,21)(H,20,22)/t12-,13-/m1/s1. The Hall–Kier alpha value is -2.38. The monoisotopic (exact) mass is 349 g/mol. The molecule has 0 aliphatic carbocycles. The molecule has 0 unspecified atom stereocenters. The van der Waals surface area contributed by atoms with Gasteiger partial charge in [0.1, 0.15) is 11.7 Å². The zero-order chi connectivity index (χ0) is 16.9. The van der Waals surface area contributed by atoms with Gasteiger partial charge in [0.15, 0.2) is 0 Å². The fraction of sp³-hybridized carbons (Fsp3) is 0.312. The van der Waals surface area contributed by atoms with Crippen molar-refractivity contribution in [2.75, 3.05) is 13.2 Å². The second kappa shape index (κ2) is 7.46. The maximum absolute atomic E-state index is 12.4. The predicted octanol–water partition coefficient (Wildman–Crippen LogP) is 1.39. The van der Waals surface area contributed by atoms with E-state index in [1.165, 1.54) is 12.3 Å². The summed E-state index contributed by atoms with van der Waals surface area (Å²) < 4.78 is 11.3. The summed E-state index contributed by atoms with van der Waals surface area (Å²) in [6.07, 6.45) is 3.27. The largest absolute Gasteiger partial charge is 0.472 e. The highest BCUT2D eigenvalue weighted by molar-refractivity contribution is 6.30. The summed E-state index contributed by atoms with van der Waals surface area (Å²) in [5.74, 6) is -0.0480. The Morgan fingerprint density at radius 1 is 1.46 bits per heavy atom. The third-order valence-corrected chi connectivity index (χ3v) is 3.85. The van der Waals surface area contributed by atoms with Crippen LogP contribution in [0.1, 0.15) is 16.8 Å². The van der Waals surface area contributed by atoms with Crippen molar-refractivity contribution in [1.82, 2.24) is 15.3 Å². The summed E-state index contributed by atoms with van der Waals surface area (Å²) in [6.45, 7) is 0.823. The quantitative estimate of drug-likeness (QED) is 0.870. The lowest BCUT2D eigenvalue weighted by molar-refractivity contribution is -0.00450. The number of ether oxygens (including phenoxy) is 2. The lowest BCUT2D eigenvalue weighted by atomic mass is 10.1. The molecule has 1 aliphatic heterocycles. The van der Waals surface area contributed by atoms with Crippen LogP contribution in [0.2, 0.25) is 5.02 Å². The molecule has 1 fully saturated rings. The van der Waals surface area contributed by atoms with Crippen LogP contribution in [0.3, 0.4) is 0 Å². The van der Waals surface area contributed by atoms with Crippen LogP contribution >= 0.6 is 11.6 Å². The number of hydrogen-bond acceptors (Lipinski definition) is 5. The van der Waals surface area contributed by atoms with E-state index in [0.717, 1.165) is 0 Å². The third-order valence-electron chi connectivity index (χ3n) is 3.63. The highest BCUT2D eigenvalue weighted by atomic mass is 35.5. The van der Waals surface area contributed by atoms with Gasteiger partial charge >= 0.3 is 0 Å². The second-order valence-electron chi connectivity index (χ2n) is 5.33. The molecule has 2 aromatic heterocycles. The molecule has 0 bridgehead atoms. The number of nitrogens with one attached hydrogen (secondary N) is 2. The number of hydrogen-bond donors (Lipinski definition) is 2. The van der Waals surface area contributed by atoms with Gasteiger partial charge in [0, 0.05) is 24.9 Å². The van der Waals surface area contributed by atoms with Crippen LogP contribution in [-0.2, 0) is 4.74 Å². The smallest absolute Gasteiger partial charge is 0.260 e. The van der Waals surface area contributed by atoms with E-state index < -0.39 is 17.5 Å². The molecule has 8 heteroatoms. The van der Waals surface area contributed by atoms with Crippen LogP contribution in [0.25, 0.3) is 0 Å². The Balaban J connectivity index is 1.72.